The average Bonchev–Trinajstić information content (AvgIpc) is 2.37. The number of hydrogen-bond acceptors (Lipinski definition) is 5. The van der Waals surface area contributed by atoms with Gasteiger partial charge in [0.25, 0.3) is 0 Å². The molecule has 0 bridgehead atoms. The number of nitrogens with zero attached hydrogens (tertiary/aromatic N) is 1. The molecular formula is C11H19N3O4. The highest BCUT2D eigenvalue weighted by molar-refractivity contribution is 5.95. The lowest BCUT2D eigenvalue weighted by Crippen LogP contribution is -2.47. The van der Waals surface area contributed by atoms with Gasteiger partial charge in [-0.05, 0) is 19.4 Å². The van der Waals surface area contributed by atoms with Crippen LogP contribution in [0.1, 0.15) is 12.8 Å². The number of hydrogen-bond donors (Lipinski definition) is 2. The highest BCUT2D eigenvalue weighted by atomic mass is 16.5. The van der Waals surface area contributed by atoms with Gasteiger partial charge in [-0.15, -0.1) is 0 Å². The maximum absolute atomic E-state index is 11.5. The Morgan fingerprint density at radius 1 is 1.39 bits per heavy atom. The summed E-state index contributed by atoms with van der Waals surface area (Å²) in [4.78, 5) is 35.7. The van der Waals surface area contributed by atoms with E-state index in [0.29, 0.717) is 6.54 Å². The monoisotopic (exact) mass is 257 g/mol. The highest BCUT2D eigenvalue weighted by Gasteiger charge is 2.27. The molecule has 0 aliphatic carbocycles. The molecule has 102 valence electrons. The minimum atomic E-state index is -0.526. The SMILES string of the molecule is CNC(=O)NC(=O)CN1CCC[C@H](C(=O)OC)C1. The van der Waals surface area contributed by atoms with Gasteiger partial charge in [0.05, 0.1) is 19.6 Å². The minimum Gasteiger partial charge on any atom is -0.469 e. The van der Waals surface area contributed by atoms with Gasteiger partial charge < -0.3 is 10.1 Å². The first kappa shape index (κ1) is 14.4. The molecule has 18 heavy (non-hydrogen) atoms. The van der Waals surface area contributed by atoms with Crippen LogP contribution in [0, 0.1) is 5.92 Å². The second-order valence-corrected chi connectivity index (χ2v) is 4.22. The molecule has 1 saturated heterocycles. The molecule has 2 N–H and O–H groups in total. The predicted octanol–water partition coefficient (Wildman–Crippen LogP) is -0.673. The molecule has 0 aromatic rings. The van der Waals surface area contributed by atoms with Gasteiger partial charge >= 0.3 is 12.0 Å². The first-order chi connectivity index (χ1) is 8.56. The van der Waals surface area contributed by atoms with Crippen LogP contribution in [0.4, 0.5) is 4.79 Å². The number of ether oxygens (including phenoxy) is 1. The number of amides is 3. The first-order valence-corrected chi connectivity index (χ1v) is 5.88. The van der Waals surface area contributed by atoms with E-state index in [1.165, 1.54) is 14.2 Å². The number of imide groups is 1. The predicted molar refractivity (Wildman–Crippen MR) is 63.8 cm³/mol. The standard InChI is InChI=1S/C11H19N3O4/c1-12-11(17)13-9(15)7-14-5-3-4-8(6-14)10(16)18-2/h8H,3-7H2,1-2H3,(H2,12,13,15,17)/t8-/m0/s1. The summed E-state index contributed by atoms with van der Waals surface area (Å²) in [5.41, 5.74) is 0. The maximum atomic E-state index is 11.5. The zero-order chi connectivity index (χ0) is 13.5. The minimum absolute atomic E-state index is 0.112. The number of urea groups is 1. The van der Waals surface area contributed by atoms with Crippen molar-refractivity contribution < 1.29 is 19.1 Å². The summed E-state index contributed by atoms with van der Waals surface area (Å²) in [5.74, 6) is -0.803. The molecule has 7 nitrogen and oxygen atoms in total. The van der Waals surface area contributed by atoms with Crippen LogP contribution in [0.15, 0.2) is 0 Å². The van der Waals surface area contributed by atoms with Crippen molar-refractivity contribution in [3.63, 3.8) is 0 Å². The van der Waals surface area contributed by atoms with E-state index >= 15 is 0 Å². The van der Waals surface area contributed by atoms with Crippen LogP contribution in [-0.2, 0) is 14.3 Å². The second-order valence-electron chi connectivity index (χ2n) is 4.22. The Morgan fingerprint density at radius 3 is 2.72 bits per heavy atom. The molecule has 0 radical (unpaired) electrons. The molecule has 3 amide bonds. The van der Waals surface area contributed by atoms with E-state index < -0.39 is 6.03 Å². The molecular weight excluding hydrogens is 238 g/mol. The molecule has 1 aliphatic rings. The van der Waals surface area contributed by atoms with E-state index in [9.17, 15) is 14.4 Å². The van der Waals surface area contributed by atoms with Crippen LogP contribution in [-0.4, -0.2) is 56.6 Å². The number of piperidine rings is 1. The van der Waals surface area contributed by atoms with Crippen molar-refractivity contribution >= 4 is 17.9 Å². The molecule has 7 heteroatoms. The number of esters is 1. The summed E-state index contributed by atoms with van der Waals surface area (Å²) in [5, 5.41) is 4.49. The summed E-state index contributed by atoms with van der Waals surface area (Å²) in [6, 6.07) is -0.526. The third-order valence-electron chi connectivity index (χ3n) is 2.89. The normalized spacial score (nSPS) is 20.0. The number of likely N-dealkylation sites (tertiary alicyclic amines) is 1. The number of carbonyl (C=O) groups is 3. The molecule has 1 fully saturated rings. The number of carbonyl (C=O) groups excluding carboxylic acids is 3. The van der Waals surface area contributed by atoms with Crippen molar-refractivity contribution in [1.29, 1.82) is 0 Å². The van der Waals surface area contributed by atoms with Crippen molar-refractivity contribution in [3.8, 4) is 0 Å². The fourth-order valence-electron chi connectivity index (χ4n) is 1.99. The van der Waals surface area contributed by atoms with Gasteiger partial charge in [-0.25, -0.2) is 4.79 Å². The Balaban J connectivity index is 2.40. The van der Waals surface area contributed by atoms with Crippen LogP contribution in [0.25, 0.3) is 0 Å². The molecule has 1 heterocycles. The Labute approximate surface area is 106 Å². The zero-order valence-electron chi connectivity index (χ0n) is 10.7. The average molecular weight is 257 g/mol. The van der Waals surface area contributed by atoms with Gasteiger partial charge in [0.15, 0.2) is 0 Å². The lowest BCUT2D eigenvalue weighted by atomic mass is 9.98. The quantitative estimate of drug-likeness (QED) is 0.654. The van der Waals surface area contributed by atoms with Gasteiger partial charge in [0.2, 0.25) is 5.91 Å². The lowest BCUT2D eigenvalue weighted by Gasteiger charge is -2.30. The molecule has 0 aromatic carbocycles. The largest absolute Gasteiger partial charge is 0.469 e. The van der Waals surface area contributed by atoms with Crippen LogP contribution < -0.4 is 10.6 Å². The molecule has 1 aliphatic heterocycles. The lowest BCUT2D eigenvalue weighted by molar-refractivity contribution is -0.147. The molecule has 0 unspecified atom stereocenters. The summed E-state index contributed by atoms with van der Waals surface area (Å²) in [6.07, 6.45) is 1.62. The molecule has 0 aromatic heterocycles. The van der Waals surface area contributed by atoms with Gasteiger partial charge in [0, 0.05) is 13.6 Å². The number of methoxy groups -OCH3 is 1. The third-order valence-corrected chi connectivity index (χ3v) is 2.89. The topological polar surface area (TPSA) is 87.7 Å². The van der Waals surface area contributed by atoms with E-state index in [0.717, 1.165) is 19.4 Å². The molecule has 0 saturated carbocycles. The summed E-state index contributed by atoms with van der Waals surface area (Å²) in [6.45, 7) is 1.35. The van der Waals surface area contributed by atoms with Crippen molar-refractivity contribution in [3.05, 3.63) is 0 Å². The molecule has 0 spiro atoms. The van der Waals surface area contributed by atoms with Crippen LogP contribution in [0.2, 0.25) is 0 Å². The van der Waals surface area contributed by atoms with Gasteiger partial charge in [-0.3, -0.25) is 19.8 Å². The smallest absolute Gasteiger partial charge is 0.321 e. The summed E-state index contributed by atoms with van der Waals surface area (Å²) in [7, 11) is 2.80. The van der Waals surface area contributed by atoms with E-state index in [1.54, 1.807) is 0 Å². The van der Waals surface area contributed by atoms with E-state index in [4.69, 9.17) is 4.74 Å². The summed E-state index contributed by atoms with van der Waals surface area (Å²) >= 11 is 0. The Hall–Kier alpha value is -1.63. The second kappa shape index (κ2) is 6.95. The van der Waals surface area contributed by atoms with Crippen LogP contribution in [0.5, 0.6) is 0 Å². The third kappa shape index (κ3) is 4.33. The highest BCUT2D eigenvalue weighted by Crippen LogP contribution is 2.17. The zero-order valence-corrected chi connectivity index (χ0v) is 10.7. The van der Waals surface area contributed by atoms with Crippen molar-refractivity contribution in [1.82, 2.24) is 15.5 Å². The van der Waals surface area contributed by atoms with E-state index in [-0.39, 0.29) is 24.3 Å². The van der Waals surface area contributed by atoms with Gasteiger partial charge in [-0.1, -0.05) is 0 Å². The Morgan fingerprint density at radius 2 is 2.11 bits per heavy atom. The van der Waals surface area contributed by atoms with Gasteiger partial charge in [-0.2, -0.15) is 0 Å². The fraction of sp³-hybridized carbons (Fsp3) is 0.727. The fourth-order valence-corrected chi connectivity index (χ4v) is 1.99. The van der Waals surface area contributed by atoms with Crippen LogP contribution in [0.3, 0.4) is 0 Å². The van der Waals surface area contributed by atoms with E-state index in [2.05, 4.69) is 10.6 Å². The number of nitrogens with one attached hydrogen (secondary N) is 2. The van der Waals surface area contributed by atoms with Gasteiger partial charge in [0.1, 0.15) is 0 Å². The summed E-state index contributed by atoms with van der Waals surface area (Å²) < 4.78 is 4.69. The molecule has 1 rings (SSSR count). The Kier molecular flexibility index (Phi) is 5.57. The van der Waals surface area contributed by atoms with E-state index in [1.807, 2.05) is 4.90 Å². The van der Waals surface area contributed by atoms with Crippen molar-refractivity contribution in [2.75, 3.05) is 33.8 Å². The first-order valence-electron chi connectivity index (χ1n) is 5.88. The van der Waals surface area contributed by atoms with Crippen molar-refractivity contribution in [2.45, 2.75) is 12.8 Å². The number of rotatable bonds is 3. The Bertz CT molecular complexity index is 332. The van der Waals surface area contributed by atoms with Crippen molar-refractivity contribution in [2.24, 2.45) is 5.92 Å². The maximum Gasteiger partial charge on any atom is 0.321 e. The van der Waals surface area contributed by atoms with Crippen LogP contribution >= 0.6 is 0 Å². The molecule has 1 atom stereocenters.